The van der Waals surface area contributed by atoms with E-state index in [0.29, 0.717) is 48.7 Å². The molecule has 5 aromatic rings. The molecule has 29 heteroatoms. The molecule has 9 unspecified atom stereocenters. The van der Waals surface area contributed by atoms with Gasteiger partial charge in [0.25, 0.3) is 0 Å². The first-order valence-corrected chi connectivity index (χ1v) is 35.4. The Hall–Kier alpha value is -7.50. The SMILES string of the molecule is CN(C)[C@@H]1CC(C(N)=O)C(=O)[C@@]2(O)C(=O)C3=C(O)c4c(O)cccc4CC3CC12.Cc1ccc(O)c2c1CC1CC3[C@H](N(C)C)CC(C(N)=O)C(=O)[C@@]3(O)C(=O)C1=C2O.[CH2-]Cc1[c-]ccc(-c2ccc(O)c3c2CC2CC4[C@H](N(C)C)CC(C(N)=O)C(=O)[C@@]4(O)C(=O)C2=C3O)c1.[CH2-]Cc1[c-]ccc(B(O)O)c1.[Y].[Y]. The number of aliphatic hydroxyl groups is 6. The number of ketones is 6. The van der Waals surface area contributed by atoms with Crippen LogP contribution in [-0.2, 0) is 141 Å². The molecule has 0 saturated heterocycles. The first-order chi connectivity index (χ1) is 50.3. The van der Waals surface area contributed by atoms with Crippen LogP contribution >= 0.6 is 0 Å². The maximum Gasteiger partial charge on any atom is 0.462 e. The van der Waals surface area contributed by atoms with Gasteiger partial charge in [-0.2, -0.15) is 72.5 Å². The van der Waals surface area contributed by atoms with Crippen molar-refractivity contribution in [3.8, 4) is 28.4 Å². The minimum atomic E-state index is -2.49. The van der Waals surface area contributed by atoms with Gasteiger partial charge < -0.3 is 102 Å². The first kappa shape index (κ1) is 85.5. The van der Waals surface area contributed by atoms with E-state index in [9.17, 15) is 89.1 Å². The van der Waals surface area contributed by atoms with Gasteiger partial charge in [-0.3, -0.25) is 43.2 Å². The molecule has 0 heterocycles. The summed E-state index contributed by atoms with van der Waals surface area (Å²) in [4.78, 5) is 122. The van der Waals surface area contributed by atoms with Crippen molar-refractivity contribution in [1.82, 2.24) is 14.7 Å². The third kappa shape index (κ3) is 14.6. The summed E-state index contributed by atoms with van der Waals surface area (Å²) in [6, 6.07) is 26.6. The van der Waals surface area contributed by atoms with Crippen molar-refractivity contribution in [2.75, 3.05) is 42.3 Å². The van der Waals surface area contributed by atoms with Crippen LogP contribution in [0.2, 0.25) is 0 Å². The van der Waals surface area contributed by atoms with E-state index in [1.807, 2.05) is 19.1 Å². The molecule has 5 aromatic carbocycles. The van der Waals surface area contributed by atoms with Crippen LogP contribution in [0.25, 0.3) is 28.4 Å². The number of aryl methyl sites for hydroxylation is 1. The van der Waals surface area contributed by atoms with E-state index >= 15 is 0 Å². The summed E-state index contributed by atoms with van der Waals surface area (Å²) in [5.74, 6) is -17.3. The monoisotopic (exact) mass is 1640 g/mol. The van der Waals surface area contributed by atoms with Crippen LogP contribution in [0.1, 0.15) is 88.6 Å². The summed E-state index contributed by atoms with van der Waals surface area (Å²) in [5, 5.41) is 116. The number of hydrogen-bond acceptors (Lipinski definition) is 23. The largest absolute Gasteiger partial charge is 0.507 e. The number of primary amides is 3. The number of nitrogens with zero attached hydrogens (tertiary/aromatic N) is 3. The van der Waals surface area contributed by atoms with Crippen LogP contribution in [0.3, 0.4) is 0 Å². The van der Waals surface area contributed by atoms with Gasteiger partial charge in [0.1, 0.15) is 52.3 Å². The average Bonchev–Trinajstić information content (AvgIpc) is 0.717. The number of nitrogens with two attached hydrogens (primary N) is 3. The van der Waals surface area contributed by atoms with Gasteiger partial charge in [-0.25, -0.2) is 0 Å². The van der Waals surface area contributed by atoms with E-state index in [1.165, 1.54) is 18.2 Å². The Morgan fingerprint density at radius 3 is 1.27 bits per heavy atom. The molecule has 6 fully saturated rings. The van der Waals surface area contributed by atoms with Gasteiger partial charge in [0.15, 0.2) is 34.2 Å². The smallest absolute Gasteiger partial charge is 0.462 e. The van der Waals surface area contributed by atoms with Crippen LogP contribution in [-0.4, -0.2) is 207 Å². The van der Waals surface area contributed by atoms with Gasteiger partial charge in [0.05, 0.1) is 16.7 Å². The van der Waals surface area contributed by atoms with E-state index in [2.05, 4.69) is 26.0 Å². The third-order valence-corrected chi connectivity index (χ3v) is 23.8. The van der Waals surface area contributed by atoms with Crippen LogP contribution in [0.4, 0.5) is 0 Å². The summed E-state index contributed by atoms with van der Waals surface area (Å²) >= 11 is 0. The zero-order chi connectivity index (χ0) is 78.4. The number of carbonyl (C=O) groups excluding carboxylic acids is 9. The van der Waals surface area contributed by atoms with Gasteiger partial charge >= 0.3 is 7.12 Å². The second-order valence-corrected chi connectivity index (χ2v) is 30.2. The molecule has 9 aliphatic rings. The van der Waals surface area contributed by atoms with Crippen molar-refractivity contribution in [3.63, 3.8) is 0 Å². The minimum absolute atomic E-state index is 0. The molecule has 0 aliphatic heterocycles. The molecule has 3 amide bonds. The maximum atomic E-state index is 13.9. The molecular weight excluding hydrogens is 1550 g/mol. The van der Waals surface area contributed by atoms with Crippen LogP contribution in [0, 0.1) is 86.2 Å². The minimum Gasteiger partial charge on any atom is -0.507 e. The second kappa shape index (κ2) is 32.7. The number of rotatable bonds is 10. The van der Waals surface area contributed by atoms with E-state index in [-0.39, 0.29) is 155 Å². The van der Waals surface area contributed by atoms with Crippen molar-refractivity contribution in [3.05, 3.63) is 172 Å². The first-order valence-electron chi connectivity index (χ1n) is 35.4. The Labute approximate surface area is 681 Å². The fraction of sp³-hybridized carbons (Fsp3) is 0.412. The Balaban J connectivity index is 0.000000175. The molecule has 15 atom stereocenters. The Kier molecular flexibility index (Phi) is 25.6. The van der Waals surface area contributed by atoms with Crippen molar-refractivity contribution in [2.24, 2.45) is 70.5 Å². The van der Waals surface area contributed by atoms with Crippen molar-refractivity contribution >= 4 is 82.3 Å². The predicted molar refractivity (Wildman–Crippen MR) is 390 cm³/mol. The number of fused-ring (bicyclic) bond motifs is 9. The fourth-order valence-corrected chi connectivity index (χ4v) is 18.4. The van der Waals surface area contributed by atoms with Crippen molar-refractivity contribution in [1.29, 1.82) is 0 Å². The molecule has 14 rings (SSSR count). The van der Waals surface area contributed by atoms with E-state index in [1.54, 1.807) is 106 Å². The number of amides is 3. The third-order valence-electron chi connectivity index (χ3n) is 23.8. The number of aliphatic hydroxyl groups excluding tert-OH is 3. The summed E-state index contributed by atoms with van der Waals surface area (Å²) in [5.41, 5.74) is 16.1. The quantitative estimate of drug-likeness (QED) is 0.0541. The molecule has 109 heavy (non-hydrogen) atoms. The Bertz CT molecular complexity index is 4670. The molecule has 2 radical (unpaired) electrons. The number of phenols is 3. The molecular formula is C80H89BN6O20Y2-4. The van der Waals surface area contributed by atoms with Gasteiger partial charge in [-0.05, 0) is 171 Å². The number of hydrogen-bond donors (Lipinski definition) is 14. The Morgan fingerprint density at radius 2 is 0.862 bits per heavy atom. The molecule has 6 saturated carbocycles. The number of Topliss-reactive ketones (excluding diaryl/α,β-unsaturated/α-hetero) is 6. The maximum absolute atomic E-state index is 13.9. The molecule has 572 valence electrons. The second-order valence-electron chi connectivity index (χ2n) is 30.2. The van der Waals surface area contributed by atoms with Gasteiger partial charge in [0.2, 0.25) is 35.1 Å². The average molecular weight is 1640 g/mol. The summed E-state index contributed by atoms with van der Waals surface area (Å²) in [7, 11) is 9.21. The molecule has 0 bridgehead atoms. The summed E-state index contributed by atoms with van der Waals surface area (Å²) in [6.07, 6.45) is 3.48. The number of phenolic OH excluding ortho intramolecular Hbond substituents is 3. The fourth-order valence-electron chi connectivity index (χ4n) is 18.4. The molecule has 17 N–H and O–H groups in total. The van der Waals surface area contributed by atoms with Gasteiger partial charge in [0, 0.05) is 118 Å². The number of carbonyl (C=O) groups is 9. The summed E-state index contributed by atoms with van der Waals surface area (Å²) < 4.78 is 0. The number of aromatic hydroxyl groups is 3. The van der Waals surface area contributed by atoms with E-state index in [0.717, 1.165) is 33.4 Å². The number of benzene rings is 5. The zero-order valence-corrected chi connectivity index (χ0v) is 67.2. The van der Waals surface area contributed by atoms with Crippen LogP contribution in [0.15, 0.2) is 95.6 Å². The Morgan fingerprint density at radius 1 is 0.495 bits per heavy atom. The molecule has 26 nitrogen and oxygen atoms in total. The molecule has 0 aromatic heterocycles. The standard InChI is InChI=1S/C29H30N2O6.C22H26N2O6.C21H24N2O6.C8H9BO2.2Y/c1-4-14-6-5-7-15(10-14)17-8-9-22(32)24-18(17)11-16-12-20-21(31(2)3)13-19(28(30)36)26(34)29(20,37)27(35)23(16)25(24)33;1-9-4-5-15(25)17-11(9)6-10-7-13-14(24(2)3)8-12(21(23)29)19(27)22(13,30)20(28)16(10)18(17)26;1-23(2)13-8-11(20(22)28)18(26)21(29)12(13)7-10-6-9-4-3-5-14(24)15(9)17(25)16(10)19(21)27;1-2-7-4-3-5-8(6-7)9(10)11;;/h5,7-10,16,19-21,32-33,37H,1,4,11-13H2,2-3H3,(H2,30,36);4-5,10,12-14,25-26,30H,6-8H2,1-3H3,(H2,23,29);3-5,10-13,24-25,29H,6-8H2,1-2H3,(H2,22,28);3,5-6,10-11H,1-2H2;;/q-2;;;-2;;/t16?,19?,20?,21-,29-;10?,12?,13?,14-,22-;10?,11?,12?,13-,21-;;;/m111.../s1. The van der Waals surface area contributed by atoms with Gasteiger partial charge in [-0.15, -0.1) is 11.0 Å². The van der Waals surface area contributed by atoms with E-state index < -0.39 is 165 Å². The zero-order valence-electron chi connectivity index (χ0n) is 61.5. The van der Waals surface area contributed by atoms with Crippen molar-refractivity contribution in [2.45, 2.75) is 112 Å². The van der Waals surface area contributed by atoms with Crippen LogP contribution < -0.4 is 22.7 Å². The molecule has 0 spiro atoms. The normalized spacial score (nSPS) is 29.0. The van der Waals surface area contributed by atoms with Crippen LogP contribution in [0.5, 0.6) is 17.2 Å². The van der Waals surface area contributed by atoms with Gasteiger partial charge in [-0.1, -0.05) is 24.3 Å². The topological polar surface area (TPSA) is 464 Å². The van der Waals surface area contributed by atoms with Crippen molar-refractivity contribution < 1.29 is 165 Å². The predicted octanol–water partition coefficient (Wildman–Crippen LogP) is 2.16. The molecule has 9 aliphatic carbocycles. The van der Waals surface area contributed by atoms with E-state index in [4.69, 9.17) is 27.2 Å². The summed E-state index contributed by atoms with van der Waals surface area (Å²) in [6.45, 7) is 9.44.